The number of anilines is 1. The minimum atomic E-state index is -0.833. The van der Waals surface area contributed by atoms with Crippen LogP contribution in [0.4, 0.5) is 5.69 Å². The molecule has 0 unspecified atom stereocenters. The number of carboxylic acids is 1. The number of nitrogen functional groups attached to an aromatic ring is 1. The number of aromatic nitrogens is 5. The summed E-state index contributed by atoms with van der Waals surface area (Å²) in [6.07, 6.45) is 9.47. The Morgan fingerprint density at radius 3 is 2.59 bits per heavy atom. The Kier molecular flexibility index (Phi) is 9.08. The first-order valence-corrected chi connectivity index (χ1v) is 12.5. The Balaban J connectivity index is 0.000000909. The van der Waals surface area contributed by atoms with E-state index in [0.717, 1.165) is 18.0 Å². The second-order valence-corrected chi connectivity index (χ2v) is 8.84. The van der Waals surface area contributed by atoms with Crippen LogP contribution in [-0.4, -0.2) is 61.0 Å². The maximum Gasteiger partial charge on any atom is 0.350 e. The summed E-state index contributed by atoms with van der Waals surface area (Å²) in [6, 6.07) is 13.5. The van der Waals surface area contributed by atoms with Crippen LogP contribution in [0.15, 0.2) is 65.7 Å². The normalized spacial score (nSPS) is 14.7. The van der Waals surface area contributed by atoms with E-state index in [1.807, 2.05) is 12.1 Å². The van der Waals surface area contributed by atoms with Gasteiger partial charge in [0.2, 0.25) is 0 Å². The van der Waals surface area contributed by atoms with Crippen molar-refractivity contribution in [2.45, 2.75) is 25.5 Å². The lowest BCUT2D eigenvalue weighted by Gasteiger charge is -2.23. The highest BCUT2D eigenvalue weighted by Gasteiger charge is 2.28. The number of benzene rings is 2. The van der Waals surface area contributed by atoms with E-state index in [1.165, 1.54) is 12.4 Å². The van der Waals surface area contributed by atoms with E-state index < -0.39 is 17.7 Å². The minimum absolute atomic E-state index is 0.0368. The molecule has 2 aromatic heterocycles. The molecule has 0 spiro atoms. The molecule has 3 heterocycles. The van der Waals surface area contributed by atoms with Crippen LogP contribution < -0.4 is 21.5 Å². The molecule has 0 bridgehead atoms. The number of amidine groups is 1. The molecule has 0 aliphatic carbocycles. The summed E-state index contributed by atoms with van der Waals surface area (Å²) >= 11 is 0. The maximum atomic E-state index is 12.9. The number of aliphatic carboxylic acids is 1. The average molecular weight is 557 g/mol. The molecule has 2 aromatic carbocycles. The second kappa shape index (κ2) is 13.0. The van der Waals surface area contributed by atoms with Crippen LogP contribution in [-0.2, 0) is 9.53 Å². The summed E-state index contributed by atoms with van der Waals surface area (Å²) in [5, 5.41) is 23.0. The number of carboxylic acid groups (broad SMARTS) is 1. The van der Waals surface area contributed by atoms with Gasteiger partial charge in [0.15, 0.2) is 5.82 Å². The molecule has 1 aliphatic heterocycles. The number of H-pyrrole nitrogens is 1. The fourth-order valence-corrected chi connectivity index (χ4v) is 4.01. The lowest BCUT2D eigenvalue weighted by molar-refractivity contribution is -0.134. The molecule has 1 saturated heterocycles. The molecule has 1 aliphatic rings. The van der Waals surface area contributed by atoms with E-state index in [4.69, 9.17) is 36.9 Å². The first-order valence-electron chi connectivity index (χ1n) is 12.5. The monoisotopic (exact) mass is 556 g/mol. The van der Waals surface area contributed by atoms with Crippen molar-refractivity contribution < 1.29 is 19.4 Å². The largest absolute Gasteiger partial charge is 0.486 e. The number of hydrogen-bond donors (Lipinski definition) is 5. The quantitative estimate of drug-likeness (QED) is 0.122. The number of nitrogens with zero attached hydrogens (tertiary/aromatic N) is 4. The third-order valence-electron chi connectivity index (χ3n) is 5.84. The van der Waals surface area contributed by atoms with E-state index in [1.54, 1.807) is 36.4 Å². The molecule has 4 aromatic rings. The number of carbonyl (C=O) groups is 1. The Labute approximate surface area is 234 Å². The third kappa shape index (κ3) is 7.14. The molecule has 1 fully saturated rings. The van der Waals surface area contributed by atoms with Gasteiger partial charge in [-0.25, -0.2) is 14.8 Å². The van der Waals surface area contributed by atoms with Gasteiger partial charge >= 0.3 is 5.69 Å². The SMILES string of the molecule is C#Cc1cccc([C@H](Nc2ccc(C(=N)N)cc2)c2nn(-c3ncccn3)c(=O)[nH]2)c1O[C@H]1CCOC1.CC(=O)O. The van der Waals surface area contributed by atoms with Gasteiger partial charge in [-0.15, -0.1) is 16.2 Å². The van der Waals surface area contributed by atoms with E-state index in [-0.39, 0.29) is 17.9 Å². The first kappa shape index (κ1) is 28.5. The summed E-state index contributed by atoms with van der Waals surface area (Å²) in [5.41, 5.74) is 7.62. The van der Waals surface area contributed by atoms with Gasteiger partial charge < -0.3 is 25.6 Å². The molecular weight excluding hydrogens is 528 g/mol. The van der Waals surface area contributed by atoms with Crippen molar-refractivity contribution in [3.63, 3.8) is 0 Å². The molecule has 41 heavy (non-hydrogen) atoms. The second-order valence-electron chi connectivity index (χ2n) is 8.84. The molecule has 0 amide bonds. The van der Waals surface area contributed by atoms with Gasteiger partial charge in [0.05, 0.1) is 18.8 Å². The molecule has 13 nitrogen and oxygen atoms in total. The van der Waals surface area contributed by atoms with Crippen molar-refractivity contribution in [1.82, 2.24) is 24.7 Å². The number of hydrogen-bond acceptors (Lipinski definition) is 9. The van der Waals surface area contributed by atoms with E-state index in [0.29, 0.717) is 47.2 Å². The molecule has 2 atom stereocenters. The highest BCUT2D eigenvalue weighted by atomic mass is 16.5. The van der Waals surface area contributed by atoms with Gasteiger partial charge in [-0.05, 0) is 36.4 Å². The van der Waals surface area contributed by atoms with E-state index in [9.17, 15) is 4.79 Å². The number of para-hydroxylation sites is 1. The molecule has 210 valence electrons. The summed E-state index contributed by atoms with van der Waals surface area (Å²) in [6.45, 7) is 2.15. The smallest absolute Gasteiger partial charge is 0.350 e. The highest BCUT2D eigenvalue weighted by Crippen LogP contribution is 2.35. The number of ether oxygens (including phenoxy) is 2. The molecule has 0 radical (unpaired) electrons. The van der Waals surface area contributed by atoms with Crippen LogP contribution in [0.3, 0.4) is 0 Å². The minimum Gasteiger partial charge on any atom is -0.486 e. The fraction of sp³-hybridized carbons (Fsp3) is 0.214. The van der Waals surface area contributed by atoms with Gasteiger partial charge in [-0.2, -0.15) is 0 Å². The van der Waals surface area contributed by atoms with Crippen molar-refractivity contribution in [3.8, 4) is 24.0 Å². The Hall–Kier alpha value is -5.48. The fourth-order valence-electron chi connectivity index (χ4n) is 4.01. The van der Waals surface area contributed by atoms with Crippen molar-refractivity contribution in [3.05, 3.63) is 93.9 Å². The van der Waals surface area contributed by atoms with Crippen molar-refractivity contribution >= 4 is 17.5 Å². The zero-order valence-electron chi connectivity index (χ0n) is 22.1. The Morgan fingerprint density at radius 1 is 1.27 bits per heavy atom. The summed E-state index contributed by atoms with van der Waals surface area (Å²) in [5.74, 6) is 2.76. The third-order valence-corrected chi connectivity index (χ3v) is 5.84. The zero-order chi connectivity index (χ0) is 29.4. The van der Waals surface area contributed by atoms with Crippen molar-refractivity contribution in [2.75, 3.05) is 18.5 Å². The average Bonchev–Trinajstić information content (AvgIpc) is 3.62. The number of rotatable bonds is 8. The molecule has 13 heteroatoms. The van der Waals surface area contributed by atoms with Crippen LogP contribution in [0.25, 0.3) is 5.95 Å². The highest BCUT2D eigenvalue weighted by molar-refractivity contribution is 5.95. The van der Waals surface area contributed by atoms with Gasteiger partial charge in [0.25, 0.3) is 11.9 Å². The predicted octanol–water partition coefficient (Wildman–Crippen LogP) is 2.08. The van der Waals surface area contributed by atoms with Crippen LogP contribution >= 0.6 is 0 Å². The van der Waals surface area contributed by atoms with Crippen molar-refractivity contribution in [2.24, 2.45) is 5.73 Å². The number of nitrogens with two attached hydrogens (primary N) is 1. The van der Waals surface area contributed by atoms with E-state index >= 15 is 0 Å². The van der Waals surface area contributed by atoms with Gasteiger partial charge in [-0.1, -0.05) is 18.1 Å². The number of aromatic amines is 1. The molecule has 0 saturated carbocycles. The summed E-state index contributed by atoms with van der Waals surface area (Å²) in [7, 11) is 0. The number of terminal acetylenes is 1. The Bertz CT molecular complexity index is 1600. The van der Waals surface area contributed by atoms with Gasteiger partial charge in [0.1, 0.15) is 23.7 Å². The zero-order valence-corrected chi connectivity index (χ0v) is 22.1. The van der Waals surface area contributed by atoms with Crippen LogP contribution in [0.1, 0.15) is 41.9 Å². The van der Waals surface area contributed by atoms with Crippen LogP contribution in [0.5, 0.6) is 5.75 Å². The number of nitrogens with one attached hydrogen (secondary N) is 3. The predicted molar refractivity (Wildman–Crippen MR) is 150 cm³/mol. The first-order chi connectivity index (χ1) is 19.8. The summed E-state index contributed by atoms with van der Waals surface area (Å²) < 4.78 is 12.9. The topological polar surface area (TPSA) is 194 Å². The molecular formula is C28H28N8O5. The van der Waals surface area contributed by atoms with Gasteiger partial charge in [0, 0.05) is 42.6 Å². The Morgan fingerprint density at radius 2 is 1.98 bits per heavy atom. The van der Waals surface area contributed by atoms with E-state index in [2.05, 4.69) is 31.3 Å². The molecule has 5 rings (SSSR count). The lowest BCUT2D eigenvalue weighted by atomic mass is 10.0. The summed E-state index contributed by atoms with van der Waals surface area (Å²) in [4.78, 5) is 32.9. The van der Waals surface area contributed by atoms with Crippen LogP contribution in [0, 0.1) is 17.8 Å². The maximum absolute atomic E-state index is 12.9. The van der Waals surface area contributed by atoms with Gasteiger partial charge in [-0.3, -0.25) is 15.2 Å². The van der Waals surface area contributed by atoms with Crippen LogP contribution in [0.2, 0.25) is 0 Å². The van der Waals surface area contributed by atoms with Crippen molar-refractivity contribution in [1.29, 1.82) is 5.41 Å². The standard InChI is InChI=1S/C26H24N8O3.C2H4O2/c1-2-16-5-3-6-20(22(16)37-19-11-14-36-15-19)21(31-18-9-7-17(8-10-18)23(27)28)24-32-26(35)34(33-24)25-29-12-4-13-30-25;1-2(3)4/h1,3-10,12-13,19,21,31H,11,14-15H2,(H3,27,28)(H,32,33,35);1H3,(H,3,4)/t19-,21-;/m0./s1. The lowest BCUT2D eigenvalue weighted by Crippen LogP contribution is -2.21. The molecule has 6 N–H and O–H groups in total.